The first-order valence-electron chi connectivity index (χ1n) is 6.41. The second-order valence-corrected chi connectivity index (χ2v) is 5.58. The molecular formula is C16H13BrFN3. The molecule has 0 atom stereocenters. The van der Waals surface area contributed by atoms with E-state index in [1.807, 2.05) is 36.4 Å². The number of benzene rings is 2. The zero-order chi connectivity index (χ0) is 15.0. The molecule has 0 saturated heterocycles. The van der Waals surface area contributed by atoms with E-state index in [1.54, 1.807) is 17.8 Å². The van der Waals surface area contributed by atoms with Gasteiger partial charge in [0.2, 0.25) is 0 Å². The number of nitrogens with zero attached hydrogens (tertiary/aromatic N) is 2. The van der Waals surface area contributed by atoms with Gasteiger partial charge in [-0.1, -0.05) is 36.4 Å². The Kier molecular flexibility index (Phi) is 3.51. The van der Waals surface area contributed by atoms with Crippen molar-refractivity contribution in [2.45, 2.75) is 0 Å². The highest BCUT2D eigenvalue weighted by molar-refractivity contribution is 9.10. The van der Waals surface area contributed by atoms with E-state index in [4.69, 9.17) is 5.73 Å². The third kappa shape index (κ3) is 2.45. The van der Waals surface area contributed by atoms with Gasteiger partial charge < -0.3 is 5.73 Å². The van der Waals surface area contributed by atoms with E-state index in [1.165, 1.54) is 6.07 Å². The molecule has 0 fully saturated rings. The van der Waals surface area contributed by atoms with Crippen molar-refractivity contribution in [1.82, 2.24) is 9.78 Å². The van der Waals surface area contributed by atoms with Crippen LogP contribution in [0.4, 0.5) is 10.2 Å². The van der Waals surface area contributed by atoms with Gasteiger partial charge in [0.15, 0.2) is 0 Å². The van der Waals surface area contributed by atoms with Crippen LogP contribution in [-0.4, -0.2) is 9.78 Å². The second-order valence-electron chi connectivity index (χ2n) is 4.73. The fourth-order valence-electron chi connectivity index (χ4n) is 2.27. The Hall–Kier alpha value is -2.14. The molecule has 0 unspecified atom stereocenters. The van der Waals surface area contributed by atoms with Gasteiger partial charge in [-0.05, 0) is 33.6 Å². The zero-order valence-electron chi connectivity index (χ0n) is 11.3. The van der Waals surface area contributed by atoms with Crippen LogP contribution in [0.3, 0.4) is 0 Å². The van der Waals surface area contributed by atoms with Gasteiger partial charge in [-0.3, -0.25) is 4.68 Å². The minimum Gasteiger partial charge on any atom is -0.383 e. The van der Waals surface area contributed by atoms with Crippen molar-refractivity contribution >= 4 is 21.7 Å². The summed E-state index contributed by atoms with van der Waals surface area (Å²) < 4.78 is 15.8. The highest BCUT2D eigenvalue weighted by Crippen LogP contribution is 2.36. The first kappa shape index (κ1) is 13.8. The van der Waals surface area contributed by atoms with Gasteiger partial charge in [0, 0.05) is 12.6 Å². The number of nitrogen functional groups attached to an aromatic ring is 1. The maximum absolute atomic E-state index is 13.8. The van der Waals surface area contributed by atoms with Gasteiger partial charge in [0.05, 0.1) is 10.0 Å². The summed E-state index contributed by atoms with van der Waals surface area (Å²) in [4.78, 5) is 0. The fraction of sp³-hybridized carbons (Fsp3) is 0.0625. The zero-order valence-corrected chi connectivity index (χ0v) is 12.9. The van der Waals surface area contributed by atoms with Gasteiger partial charge in [-0.2, -0.15) is 5.10 Å². The lowest BCUT2D eigenvalue weighted by molar-refractivity contribution is 0.621. The molecule has 3 aromatic rings. The molecule has 21 heavy (non-hydrogen) atoms. The monoisotopic (exact) mass is 345 g/mol. The summed E-state index contributed by atoms with van der Waals surface area (Å²) in [7, 11) is 1.78. The summed E-state index contributed by atoms with van der Waals surface area (Å²) in [5.41, 5.74) is 9.29. The third-order valence-electron chi connectivity index (χ3n) is 3.35. The molecule has 0 aliphatic heterocycles. The van der Waals surface area contributed by atoms with E-state index in [9.17, 15) is 4.39 Å². The molecule has 1 aromatic heterocycles. The molecular weight excluding hydrogens is 333 g/mol. The van der Waals surface area contributed by atoms with Crippen LogP contribution in [0, 0.1) is 5.82 Å². The number of anilines is 1. The van der Waals surface area contributed by atoms with Crippen LogP contribution < -0.4 is 5.73 Å². The Morgan fingerprint density at radius 1 is 1.10 bits per heavy atom. The molecule has 2 N–H and O–H groups in total. The Balaban J connectivity index is 2.24. The van der Waals surface area contributed by atoms with Gasteiger partial charge in [0.25, 0.3) is 0 Å². The van der Waals surface area contributed by atoms with Crippen molar-refractivity contribution in [3.8, 4) is 22.4 Å². The molecule has 0 aliphatic rings. The SMILES string of the molecule is Cn1nc(-c2ccc(Br)c(F)c2)c(-c2ccccc2)c1N. The highest BCUT2D eigenvalue weighted by atomic mass is 79.9. The van der Waals surface area contributed by atoms with Gasteiger partial charge in [-0.25, -0.2) is 4.39 Å². The van der Waals surface area contributed by atoms with Crippen molar-refractivity contribution < 1.29 is 4.39 Å². The first-order valence-corrected chi connectivity index (χ1v) is 7.20. The van der Waals surface area contributed by atoms with Crippen LogP contribution in [0.2, 0.25) is 0 Å². The Bertz CT molecular complexity index is 797. The fourth-order valence-corrected chi connectivity index (χ4v) is 2.52. The van der Waals surface area contributed by atoms with Crippen LogP contribution >= 0.6 is 15.9 Å². The summed E-state index contributed by atoms with van der Waals surface area (Å²) in [6.07, 6.45) is 0. The molecule has 0 saturated carbocycles. The highest BCUT2D eigenvalue weighted by Gasteiger charge is 2.17. The van der Waals surface area contributed by atoms with E-state index in [0.29, 0.717) is 21.5 Å². The van der Waals surface area contributed by atoms with Crippen molar-refractivity contribution in [2.75, 3.05) is 5.73 Å². The molecule has 0 spiro atoms. The standard InChI is InChI=1S/C16H13BrFN3/c1-21-16(19)14(10-5-3-2-4-6-10)15(20-21)11-7-8-12(17)13(18)9-11/h2-9H,19H2,1H3. The quantitative estimate of drug-likeness (QED) is 0.754. The summed E-state index contributed by atoms with van der Waals surface area (Å²) in [6, 6.07) is 14.7. The number of rotatable bonds is 2. The van der Waals surface area contributed by atoms with Crippen LogP contribution in [0.5, 0.6) is 0 Å². The molecule has 3 rings (SSSR count). The number of halogens is 2. The number of aryl methyl sites for hydroxylation is 1. The minimum absolute atomic E-state index is 0.323. The maximum atomic E-state index is 13.8. The summed E-state index contributed by atoms with van der Waals surface area (Å²) in [5.74, 6) is 0.232. The molecule has 2 aromatic carbocycles. The van der Waals surface area contributed by atoms with Crippen LogP contribution in [0.25, 0.3) is 22.4 Å². The first-order chi connectivity index (χ1) is 10.1. The van der Waals surface area contributed by atoms with Gasteiger partial charge in [-0.15, -0.1) is 0 Å². The van der Waals surface area contributed by atoms with E-state index in [-0.39, 0.29) is 5.82 Å². The minimum atomic E-state index is -0.323. The summed E-state index contributed by atoms with van der Waals surface area (Å²) in [5, 5.41) is 4.44. The maximum Gasteiger partial charge on any atom is 0.138 e. The van der Waals surface area contributed by atoms with Crippen molar-refractivity contribution in [3.63, 3.8) is 0 Å². The average Bonchev–Trinajstić information content (AvgIpc) is 2.79. The lowest BCUT2D eigenvalue weighted by Gasteiger charge is -2.05. The Morgan fingerprint density at radius 3 is 2.48 bits per heavy atom. The van der Waals surface area contributed by atoms with E-state index >= 15 is 0 Å². The van der Waals surface area contributed by atoms with E-state index < -0.39 is 0 Å². The van der Waals surface area contributed by atoms with E-state index in [0.717, 1.165) is 11.1 Å². The van der Waals surface area contributed by atoms with Gasteiger partial charge >= 0.3 is 0 Å². The van der Waals surface area contributed by atoms with Crippen LogP contribution in [-0.2, 0) is 7.05 Å². The molecule has 0 aliphatic carbocycles. The molecule has 5 heteroatoms. The van der Waals surface area contributed by atoms with Crippen LogP contribution in [0.1, 0.15) is 0 Å². The van der Waals surface area contributed by atoms with Crippen molar-refractivity contribution in [1.29, 1.82) is 0 Å². The smallest absolute Gasteiger partial charge is 0.138 e. The third-order valence-corrected chi connectivity index (χ3v) is 3.99. The molecule has 0 radical (unpaired) electrons. The lowest BCUT2D eigenvalue weighted by Crippen LogP contribution is -1.97. The molecule has 106 valence electrons. The molecule has 0 bridgehead atoms. The number of aromatic nitrogens is 2. The van der Waals surface area contributed by atoms with E-state index in [2.05, 4.69) is 21.0 Å². The summed E-state index contributed by atoms with van der Waals surface area (Å²) >= 11 is 3.16. The van der Waals surface area contributed by atoms with Gasteiger partial charge in [0.1, 0.15) is 17.3 Å². The molecule has 1 heterocycles. The normalized spacial score (nSPS) is 10.8. The van der Waals surface area contributed by atoms with Crippen molar-refractivity contribution in [3.05, 3.63) is 58.8 Å². The van der Waals surface area contributed by atoms with Crippen molar-refractivity contribution in [2.24, 2.45) is 7.05 Å². The predicted molar refractivity (Wildman–Crippen MR) is 86.2 cm³/mol. The Morgan fingerprint density at radius 2 is 1.81 bits per heavy atom. The second kappa shape index (κ2) is 5.33. The number of hydrogen-bond donors (Lipinski definition) is 1. The number of hydrogen-bond acceptors (Lipinski definition) is 2. The largest absolute Gasteiger partial charge is 0.383 e. The Labute approximate surface area is 130 Å². The topological polar surface area (TPSA) is 43.8 Å². The lowest BCUT2D eigenvalue weighted by atomic mass is 10.0. The molecule has 0 amide bonds. The number of nitrogens with two attached hydrogens (primary N) is 1. The van der Waals surface area contributed by atoms with Crippen LogP contribution in [0.15, 0.2) is 53.0 Å². The average molecular weight is 346 g/mol. The molecule has 3 nitrogen and oxygen atoms in total. The summed E-state index contributed by atoms with van der Waals surface area (Å²) in [6.45, 7) is 0. The predicted octanol–water partition coefficient (Wildman–Crippen LogP) is 4.24.